The van der Waals surface area contributed by atoms with Crippen LogP contribution in [0.4, 0.5) is 0 Å². The molecule has 0 radical (unpaired) electrons. The molecule has 1 aliphatic rings. The van der Waals surface area contributed by atoms with Crippen molar-refractivity contribution >= 4 is 40.6 Å². The fourth-order valence-electron chi connectivity index (χ4n) is 4.18. The quantitative estimate of drug-likeness (QED) is 0.161. The molecule has 3 rings (SSSR count). The van der Waals surface area contributed by atoms with E-state index in [1.807, 2.05) is 18.2 Å². The lowest BCUT2D eigenvalue weighted by molar-refractivity contribution is -0.143. The third-order valence-electron chi connectivity index (χ3n) is 6.19. The van der Waals surface area contributed by atoms with Gasteiger partial charge in [0.25, 0.3) is 0 Å². The van der Waals surface area contributed by atoms with Gasteiger partial charge in [-0.15, -0.1) is 0 Å². The zero-order chi connectivity index (χ0) is 26.9. The number of carboxylic acids is 2. The number of fused-ring (bicyclic) bond motifs is 1. The number of nitrogens with one attached hydrogen (secondary N) is 5. The summed E-state index contributed by atoms with van der Waals surface area (Å²) in [4.78, 5) is 64.1. The van der Waals surface area contributed by atoms with Gasteiger partial charge in [-0.1, -0.05) is 18.2 Å². The summed E-state index contributed by atoms with van der Waals surface area (Å²) in [6.45, 7) is -0.106. The summed E-state index contributed by atoms with van der Waals surface area (Å²) in [7, 11) is 0. The lowest BCUT2D eigenvalue weighted by atomic mass is 10.0. The van der Waals surface area contributed by atoms with E-state index in [0.29, 0.717) is 18.5 Å². The van der Waals surface area contributed by atoms with Crippen LogP contribution in [-0.4, -0.2) is 87.3 Å². The lowest BCUT2D eigenvalue weighted by Gasteiger charge is -2.24. The molecule has 13 heteroatoms. The van der Waals surface area contributed by atoms with Crippen molar-refractivity contribution in [2.75, 3.05) is 13.2 Å². The molecule has 37 heavy (non-hydrogen) atoms. The Hall–Kier alpha value is -3.97. The molecule has 2 heterocycles. The number of aliphatic hydroxyl groups is 1. The molecular weight excluding hydrogens is 486 g/mol. The number of hydrogen-bond acceptors (Lipinski definition) is 7. The van der Waals surface area contributed by atoms with Crippen molar-refractivity contribution in [2.24, 2.45) is 0 Å². The maximum atomic E-state index is 13.0. The number of aromatic amines is 1. The smallest absolute Gasteiger partial charge is 0.326 e. The molecule has 3 amide bonds. The Balaban J connectivity index is 1.69. The van der Waals surface area contributed by atoms with Crippen molar-refractivity contribution in [3.63, 3.8) is 0 Å². The van der Waals surface area contributed by atoms with E-state index in [9.17, 15) is 34.2 Å². The van der Waals surface area contributed by atoms with Gasteiger partial charge in [0, 0.05) is 29.9 Å². The molecule has 1 aromatic heterocycles. The average molecular weight is 518 g/mol. The molecule has 1 saturated heterocycles. The maximum Gasteiger partial charge on any atom is 0.326 e. The fourth-order valence-corrected chi connectivity index (χ4v) is 4.18. The molecule has 0 bridgehead atoms. The van der Waals surface area contributed by atoms with Gasteiger partial charge < -0.3 is 41.6 Å². The Bertz CT molecular complexity index is 1140. The van der Waals surface area contributed by atoms with E-state index in [1.54, 1.807) is 12.3 Å². The maximum absolute atomic E-state index is 13.0. The predicted molar refractivity (Wildman–Crippen MR) is 130 cm³/mol. The summed E-state index contributed by atoms with van der Waals surface area (Å²) >= 11 is 0. The molecule has 8 N–H and O–H groups in total. The predicted octanol–water partition coefficient (Wildman–Crippen LogP) is -1.14. The third kappa shape index (κ3) is 7.51. The van der Waals surface area contributed by atoms with E-state index in [2.05, 4.69) is 26.3 Å². The van der Waals surface area contributed by atoms with Gasteiger partial charge in [0.05, 0.1) is 12.6 Å². The largest absolute Gasteiger partial charge is 0.481 e. The Morgan fingerprint density at radius 3 is 2.32 bits per heavy atom. The highest BCUT2D eigenvalue weighted by molar-refractivity contribution is 5.94. The Morgan fingerprint density at radius 1 is 0.973 bits per heavy atom. The number of aliphatic carboxylic acids is 2. The number of carbonyl (C=O) groups excluding carboxylic acids is 3. The van der Waals surface area contributed by atoms with Crippen molar-refractivity contribution in [1.82, 2.24) is 26.3 Å². The highest BCUT2D eigenvalue weighted by Gasteiger charge is 2.31. The van der Waals surface area contributed by atoms with E-state index in [1.165, 1.54) is 0 Å². The first-order valence-corrected chi connectivity index (χ1v) is 11.9. The number of rotatable bonds is 13. The summed E-state index contributed by atoms with van der Waals surface area (Å²) in [6.07, 6.45) is 2.12. The Kier molecular flexibility index (Phi) is 9.57. The lowest BCUT2D eigenvalue weighted by Crippen LogP contribution is -2.58. The molecule has 13 nitrogen and oxygen atoms in total. The van der Waals surface area contributed by atoms with Crippen LogP contribution >= 0.6 is 0 Å². The molecule has 4 atom stereocenters. The highest BCUT2D eigenvalue weighted by atomic mass is 16.4. The van der Waals surface area contributed by atoms with Crippen LogP contribution in [0.1, 0.15) is 31.2 Å². The van der Waals surface area contributed by atoms with Crippen LogP contribution < -0.4 is 21.3 Å². The fraction of sp³-hybridized carbons (Fsp3) is 0.458. The number of aromatic nitrogens is 1. The average Bonchev–Trinajstić information content (AvgIpc) is 3.55. The molecule has 0 aliphatic carbocycles. The minimum absolute atomic E-state index is 0.0611. The molecule has 2 aromatic rings. The Morgan fingerprint density at radius 2 is 1.68 bits per heavy atom. The number of carboxylic acid groups (broad SMARTS) is 2. The van der Waals surface area contributed by atoms with Crippen molar-refractivity contribution in [2.45, 2.75) is 56.3 Å². The van der Waals surface area contributed by atoms with Crippen LogP contribution in [0.2, 0.25) is 0 Å². The van der Waals surface area contributed by atoms with Crippen molar-refractivity contribution in [3.05, 3.63) is 36.0 Å². The standard InChI is InChI=1S/C24H31N5O8/c30-12-19(29-21(33)16-6-3-9-25-16)23(35)27-17(7-8-20(31)32)22(34)28-18(24(36)37)10-13-11-26-15-5-2-1-4-14(13)15/h1-2,4-5,11,16-19,25-26,30H,3,6-10,12H2,(H,27,35)(H,28,34)(H,29,33)(H,31,32)(H,36,37). The van der Waals surface area contributed by atoms with E-state index in [-0.39, 0.29) is 12.8 Å². The van der Waals surface area contributed by atoms with E-state index in [4.69, 9.17) is 5.11 Å². The van der Waals surface area contributed by atoms with E-state index in [0.717, 1.165) is 17.3 Å². The molecule has 0 saturated carbocycles. The van der Waals surface area contributed by atoms with Crippen LogP contribution in [0.25, 0.3) is 10.9 Å². The van der Waals surface area contributed by atoms with Gasteiger partial charge >= 0.3 is 11.9 Å². The summed E-state index contributed by atoms with van der Waals surface area (Å²) in [5, 5.41) is 39.3. The van der Waals surface area contributed by atoms with Crippen LogP contribution in [0.15, 0.2) is 30.5 Å². The minimum atomic E-state index is -1.41. The van der Waals surface area contributed by atoms with Gasteiger partial charge in [-0.3, -0.25) is 19.2 Å². The topological polar surface area (TPSA) is 210 Å². The number of benzene rings is 1. The van der Waals surface area contributed by atoms with Gasteiger partial charge in [0.2, 0.25) is 17.7 Å². The van der Waals surface area contributed by atoms with Crippen molar-refractivity contribution in [1.29, 1.82) is 0 Å². The summed E-state index contributed by atoms with van der Waals surface area (Å²) < 4.78 is 0. The second kappa shape index (κ2) is 12.8. The Labute approximate surface area is 212 Å². The van der Waals surface area contributed by atoms with Gasteiger partial charge in [-0.05, 0) is 37.4 Å². The van der Waals surface area contributed by atoms with Crippen molar-refractivity contribution in [3.8, 4) is 0 Å². The van der Waals surface area contributed by atoms with Crippen LogP contribution in [0.3, 0.4) is 0 Å². The van der Waals surface area contributed by atoms with Gasteiger partial charge in [0.1, 0.15) is 18.1 Å². The van der Waals surface area contributed by atoms with Crippen LogP contribution in [0.5, 0.6) is 0 Å². The minimum Gasteiger partial charge on any atom is -0.481 e. The van der Waals surface area contributed by atoms with Gasteiger partial charge in [0.15, 0.2) is 0 Å². The number of H-pyrrole nitrogens is 1. The van der Waals surface area contributed by atoms with Gasteiger partial charge in [-0.2, -0.15) is 0 Å². The summed E-state index contributed by atoms with van der Waals surface area (Å²) in [5.74, 6) is -4.82. The first-order valence-electron chi connectivity index (χ1n) is 11.9. The first kappa shape index (κ1) is 27.6. The molecule has 1 aromatic carbocycles. The number of aliphatic hydroxyl groups excluding tert-OH is 1. The second-order valence-corrected chi connectivity index (χ2v) is 8.85. The van der Waals surface area contributed by atoms with E-state index >= 15 is 0 Å². The zero-order valence-corrected chi connectivity index (χ0v) is 20.0. The number of hydrogen-bond donors (Lipinski definition) is 8. The normalized spacial score (nSPS) is 17.5. The molecular formula is C24H31N5O8. The monoisotopic (exact) mass is 517 g/mol. The summed E-state index contributed by atoms with van der Waals surface area (Å²) in [5.41, 5.74) is 1.45. The number of para-hydroxylation sites is 1. The highest BCUT2D eigenvalue weighted by Crippen LogP contribution is 2.19. The zero-order valence-electron chi connectivity index (χ0n) is 20.0. The summed E-state index contributed by atoms with van der Waals surface area (Å²) in [6, 6.07) is 2.59. The number of amides is 3. The van der Waals surface area contributed by atoms with Crippen molar-refractivity contribution < 1.29 is 39.3 Å². The first-order chi connectivity index (χ1) is 17.7. The molecule has 200 valence electrons. The van der Waals surface area contributed by atoms with Crippen LogP contribution in [-0.2, 0) is 30.4 Å². The molecule has 4 unspecified atom stereocenters. The molecule has 1 fully saturated rings. The van der Waals surface area contributed by atoms with Gasteiger partial charge in [-0.25, -0.2) is 4.79 Å². The molecule has 0 spiro atoms. The van der Waals surface area contributed by atoms with E-state index < -0.39 is 66.9 Å². The van der Waals surface area contributed by atoms with Crippen LogP contribution in [0, 0.1) is 0 Å². The third-order valence-corrected chi connectivity index (χ3v) is 6.19. The molecule has 1 aliphatic heterocycles. The number of carbonyl (C=O) groups is 5. The SMILES string of the molecule is O=C(O)CCC(NC(=O)C(CO)NC(=O)C1CCCN1)C(=O)NC(Cc1c[nH]c2ccccc12)C(=O)O. The second-order valence-electron chi connectivity index (χ2n) is 8.85.